The van der Waals surface area contributed by atoms with E-state index in [9.17, 15) is 14.4 Å². The Balaban J connectivity index is 1.74. The second-order valence-corrected chi connectivity index (χ2v) is 6.48. The number of carbonyl (C=O) groups is 2. The molecule has 3 rings (SSSR count). The van der Waals surface area contributed by atoms with E-state index >= 15 is 0 Å². The lowest BCUT2D eigenvalue weighted by atomic mass is 10.1. The number of fused-ring (bicyclic) bond motifs is 1. The molecule has 1 N–H and O–H groups in total. The molecule has 0 atom stereocenters. The van der Waals surface area contributed by atoms with Gasteiger partial charge in [0.05, 0.1) is 5.39 Å². The highest BCUT2D eigenvalue weighted by molar-refractivity contribution is 6.35. The van der Waals surface area contributed by atoms with Gasteiger partial charge in [-0.2, -0.15) is 5.10 Å². The van der Waals surface area contributed by atoms with Crippen LogP contribution in [0, 0.1) is 0 Å². The van der Waals surface area contributed by atoms with Crippen LogP contribution in [-0.4, -0.2) is 28.3 Å². The Bertz CT molecular complexity index is 1090. The average Bonchev–Trinajstić information content (AvgIpc) is 2.62. The van der Waals surface area contributed by atoms with Crippen molar-refractivity contribution in [1.82, 2.24) is 9.78 Å². The summed E-state index contributed by atoms with van der Waals surface area (Å²) < 4.78 is 6.08. The fourth-order valence-corrected chi connectivity index (χ4v) is 3.00. The number of nitrogens with zero attached hydrogens (tertiary/aromatic N) is 2. The summed E-state index contributed by atoms with van der Waals surface area (Å²) in [6.07, 6.45) is 0. The molecule has 138 valence electrons. The number of rotatable bonds is 4. The lowest BCUT2D eigenvalue weighted by Crippen LogP contribution is -2.26. The van der Waals surface area contributed by atoms with Gasteiger partial charge in [0.1, 0.15) is 0 Å². The molecule has 0 saturated carbocycles. The van der Waals surface area contributed by atoms with Gasteiger partial charge in [-0.15, -0.1) is 0 Å². The first-order valence-corrected chi connectivity index (χ1v) is 8.50. The number of aromatic nitrogens is 2. The SMILES string of the molecule is Cn1nc(C(=O)OCC(=O)Nc2cc(Cl)cc(Cl)c2)c2ccccc2c1=O. The number of nitrogens with one attached hydrogen (secondary N) is 1. The second kappa shape index (κ2) is 7.77. The molecule has 1 amide bonds. The van der Waals surface area contributed by atoms with Gasteiger partial charge in [-0.05, 0) is 24.3 Å². The Morgan fingerprint density at radius 2 is 1.74 bits per heavy atom. The van der Waals surface area contributed by atoms with E-state index < -0.39 is 18.5 Å². The highest BCUT2D eigenvalue weighted by Gasteiger charge is 2.18. The average molecular weight is 406 g/mol. The van der Waals surface area contributed by atoms with E-state index in [1.807, 2.05) is 0 Å². The molecule has 2 aromatic carbocycles. The number of benzene rings is 2. The van der Waals surface area contributed by atoms with Crippen molar-refractivity contribution in [3.8, 4) is 0 Å². The fraction of sp³-hybridized carbons (Fsp3) is 0.111. The Morgan fingerprint density at radius 3 is 2.41 bits per heavy atom. The molecule has 0 aliphatic rings. The van der Waals surface area contributed by atoms with Gasteiger partial charge in [0.25, 0.3) is 11.5 Å². The van der Waals surface area contributed by atoms with E-state index in [1.54, 1.807) is 24.3 Å². The van der Waals surface area contributed by atoms with Crippen LogP contribution in [0.1, 0.15) is 10.5 Å². The van der Waals surface area contributed by atoms with E-state index in [-0.39, 0.29) is 11.3 Å². The number of halogens is 2. The van der Waals surface area contributed by atoms with Crippen molar-refractivity contribution >= 4 is 51.5 Å². The van der Waals surface area contributed by atoms with Crippen LogP contribution < -0.4 is 10.9 Å². The summed E-state index contributed by atoms with van der Waals surface area (Å²) >= 11 is 11.7. The number of hydrogen-bond acceptors (Lipinski definition) is 5. The van der Waals surface area contributed by atoms with Crippen molar-refractivity contribution in [2.75, 3.05) is 11.9 Å². The van der Waals surface area contributed by atoms with Gasteiger partial charge in [-0.3, -0.25) is 9.59 Å². The van der Waals surface area contributed by atoms with Crippen LogP contribution in [0.5, 0.6) is 0 Å². The Labute approximate surface area is 163 Å². The Kier molecular flexibility index (Phi) is 5.43. The van der Waals surface area contributed by atoms with E-state index in [4.69, 9.17) is 27.9 Å². The molecule has 3 aromatic rings. The normalized spacial score (nSPS) is 10.6. The van der Waals surface area contributed by atoms with Crippen molar-refractivity contribution in [3.63, 3.8) is 0 Å². The van der Waals surface area contributed by atoms with Gasteiger partial charge >= 0.3 is 5.97 Å². The lowest BCUT2D eigenvalue weighted by molar-refractivity contribution is -0.119. The summed E-state index contributed by atoms with van der Waals surface area (Å²) in [7, 11) is 1.43. The van der Waals surface area contributed by atoms with Crippen LogP contribution in [0.3, 0.4) is 0 Å². The van der Waals surface area contributed by atoms with E-state index in [1.165, 1.54) is 25.2 Å². The monoisotopic (exact) mass is 405 g/mol. The zero-order valence-corrected chi connectivity index (χ0v) is 15.5. The minimum Gasteiger partial charge on any atom is -0.451 e. The van der Waals surface area contributed by atoms with Crippen molar-refractivity contribution in [3.05, 3.63) is 68.6 Å². The van der Waals surface area contributed by atoms with Crippen molar-refractivity contribution in [2.24, 2.45) is 7.05 Å². The molecule has 0 fully saturated rings. The number of hydrogen-bond donors (Lipinski definition) is 1. The number of amides is 1. The molecular weight excluding hydrogens is 393 g/mol. The molecular formula is C18H13Cl2N3O4. The molecule has 27 heavy (non-hydrogen) atoms. The smallest absolute Gasteiger partial charge is 0.359 e. The molecule has 7 nitrogen and oxygen atoms in total. The summed E-state index contributed by atoms with van der Waals surface area (Å²) in [5.41, 5.74) is -0.0109. The maximum Gasteiger partial charge on any atom is 0.359 e. The molecule has 0 radical (unpaired) electrons. The van der Waals surface area contributed by atoms with Crippen molar-refractivity contribution in [2.45, 2.75) is 0 Å². The van der Waals surface area contributed by atoms with Crippen LogP contribution in [0.2, 0.25) is 10.0 Å². The molecule has 0 unspecified atom stereocenters. The maximum atomic E-state index is 12.4. The van der Waals surface area contributed by atoms with E-state index in [2.05, 4.69) is 10.4 Å². The van der Waals surface area contributed by atoms with Gasteiger partial charge in [0.15, 0.2) is 12.3 Å². The van der Waals surface area contributed by atoms with Gasteiger partial charge in [-0.1, -0.05) is 41.4 Å². The molecule has 0 aliphatic carbocycles. The topological polar surface area (TPSA) is 90.3 Å². The van der Waals surface area contributed by atoms with Gasteiger partial charge in [0.2, 0.25) is 0 Å². The number of anilines is 1. The van der Waals surface area contributed by atoms with Gasteiger partial charge < -0.3 is 10.1 Å². The van der Waals surface area contributed by atoms with Crippen molar-refractivity contribution in [1.29, 1.82) is 0 Å². The Hall–Kier alpha value is -2.90. The second-order valence-electron chi connectivity index (χ2n) is 5.61. The number of carbonyl (C=O) groups excluding carboxylic acids is 2. The zero-order chi connectivity index (χ0) is 19.6. The summed E-state index contributed by atoms with van der Waals surface area (Å²) in [6, 6.07) is 11.1. The summed E-state index contributed by atoms with van der Waals surface area (Å²) in [4.78, 5) is 36.5. The quantitative estimate of drug-likeness (QED) is 0.673. The predicted molar refractivity (Wildman–Crippen MR) is 102 cm³/mol. The third kappa shape index (κ3) is 4.27. The summed E-state index contributed by atoms with van der Waals surface area (Å²) in [5.74, 6) is -1.39. The molecule has 0 aliphatic heterocycles. The highest BCUT2D eigenvalue weighted by Crippen LogP contribution is 2.22. The number of esters is 1. The molecule has 0 bridgehead atoms. The third-order valence-electron chi connectivity index (χ3n) is 3.63. The molecule has 0 spiro atoms. The van der Waals surface area contributed by atoms with Crippen LogP contribution >= 0.6 is 23.2 Å². The minimum absolute atomic E-state index is 0.0497. The summed E-state index contributed by atoms with van der Waals surface area (Å²) in [6.45, 7) is -0.540. The largest absolute Gasteiger partial charge is 0.451 e. The summed E-state index contributed by atoms with van der Waals surface area (Å²) in [5, 5.41) is 7.88. The predicted octanol–water partition coefficient (Wildman–Crippen LogP) is 3.04. The van der Waals surface area contributed by atoms with E-state index in [0.717, 1.165) is 4.68 Å². The standard InChI is InChI=1S/C18H13Cl2N3O4/c1-23-17(25)14-5-3-2-4-13(14)16(22-23)18(26)27-9-15(24)21-12-7-10(19)6-11(20)8-12/h2-8H,9H2,1H3,(H,21,24). The number of aryl methyl sites for hydroxylation is 1. The van der Waals surface area contributed by atoms with Gasteiger partial charge in [0, 0.05) is 28.2 Å². The van der Waals surface area contributed by atoms with Crippen LogP contribution in [-0.2, 0) is 16.6 Å². The van der Waals surface area contributed by atoms with Crippen LogP contribution in [0.15, 0.2) is 47.3 Å². The first kappa shape index (κ1) is 18.9. The van der Waals surface area contributed by atoms with E-state index in [0.29, 0.717) is 26.5 Å². The molecule has 1 aromatic heterocycles. The third-order valence-corrected chi connectivity index (χ3v) is 4.07. The van der Waals surface area contributed by atoms with Crippen molar-refractivity contribution < 1.29 is 14.3 Å². The maximum absolute atomic E-state index is 12.4. The molecule has 1 heterocycles. The number of ether oxygens (including phenoxy) is 1. The fourth-order valence-electron chi connectivity index (χ4n) is 2.47. The lowest BCUT2D eigenvalue weighted by Gasteiger charge is -2.09. The highest BCUT2D eigenvalue weighted by atomic mass is 35.5. The first-order valence-electron chi connectivity index (χ1n) is 7.74. The van der Waals surface area contributed by atoms with Crippen LogP contribution in [0.4, 0.5) is 5.69 Å². The molecule has 9 heteroatoms. The minimum atomic E-state index is -0.818. The zero-order valence-electron chi connectivity index (χ0n) is 14.0. The van der Waals surface area contributed by atoms with Gasteiger partial charge in [-0.25, -0.2) is 9.48 Å². The Morgan fingerprint density at radius 1 is 1.11 bits per heavy atom. The first-order chi connectivity index (χ1) is 12.8. The van der Waals surface area contributed by atoms with Crippen LogP contribution in [0.25, 0.3) is 10.8 Å². The molecule has 0 saturated heterocycles.